The second kappa shape index (κ2) is 11.7. The van der Waals surface area contributed by atoms with Crippen molar-refractivity contribution in [3.8, 4) is 0 Å². The summed E-state index contributed by atoms with van der Waals surface area (Å²) in [5, 5.41) is 6.36. The first-order chi connectivity index (χ1) is 12.0. The Morgan fingerprint density at radius 3 is 2.54 bits per heavy atom. The van der Waals surface area contributed by atoms with Gasteiger partial charge in [0.25, 0.3) is 0 Å². The maximum atomic E-state index is 13.2. The summed E-state index contributed by atoms with van der Waals surface area (Å²) in [6.45, 7) is 11.1. The van der Waals surface area contributed by atoms with Gasteiger partial charge >= 0.3 is 6.03 Å². The van der Waals surface area contributed by atoms with Crippen LogP contribution in [0.2, 0.25) is 0 Å². The molecular formula is C19H37ClN4O2. The summed E-state index contributed by atoms with van der Waals surface area (Å²) in [5.41, 5.74) is 0. The van der Waals surface area contributed by atoms with Crippen LogP contribution < -0.4 is 10.6 Å². The number of rotatable bonds is 6. The van der Waals surface area contributed by atoms with Crippen molar-refractivity contribution < 1.29 is 9.59 Å². The minimum atomic E-state index is -0.0417. The van der Waals surface area contributed by atoms with Crippen LogP contribution in [0.3, 0.4) is 0 Å². The molecule has 2 fully saturated rings. The molecule has 2 heterocycles. The Kier molecular flexibility index (Phi) is 10.3. The van der Waals surface area contributed by atoms with Crippen LogP contribution in [0.1, 0.15) is 52.9 Å². The van der Waals surface area contributed by atoms with Gasteiger partial charge in [0.2, 0.25) is 5.91 Å². The maximum Gasteiger partial charge on any atom is 0.317 e. The van der Waals surface area contributed by atoms with Gasteiger partial charge < -0.3 is 20.4 Å². The van der Waals surface area contributed by atoms with Gasteiger partial charge in [0.1, 0.15) is 0 Å². The van der Waals surface area contributed by atoms with E-state index in [1.54, 1.807) is 0 Å². The molecule has 0 saturated carbocycles. The van der Waals surface area contributed by atoms with E-state index >= 15 is 0 Å². The number of piperidine rings is 2. The van der Waals surface area contributed by atoms with Gasteiger partial charge in [-0.2, -0.15) is 0 Å². The Bertz CT molecular complexity index is 441. The van der Waals surface area contributed by atoms with E-state index in [1.165, 1.54) is 0 Å². The van der Waals surface area contributed by atoms with Crippen molar-refractivity contribution in [1.29, 1.82) is 0 Å². The van der Waals surface area contributed by atoms with Gasteiger partial charge in [-0.05, 0) is 51.1 Å². The molecule has 152 valence electrons. The van der Waals surface area contributed by atoms with E-state index in [0.717, 1.165) is 58.3 Å². The summed E-state index contributed by atoms with van der Waals surface area (Å²) in [6, 6.07) is 0.342. The Balaban J connectivity index is 0.00000338. The summed E-state index contributed by atoms with van der Waals surface area (Å²) < 4.78 is 0. The predicted molar refractivity (Wildman–Crippen MR) is 108 cm³/mol. The molecule has 6 nitrogen and oxygen atoms in total. The third kappa shape index (κ3) is 6.62. The van der Waals surface area contributed by atoms with Gasteiger partial charge in [-0.1, -0.05) is 20.8 Å². The largest absolute Gasteiger partial charge is 0.339 e. The fraction of sp³-hybridized carbons (Fsp3) is 0.895. The summed E-state index contributed by atoms with van der Waals surface area (Å²) in [5.74, 6) is 0.654. The second-order valence-corrected chi connectivity index (χ2v) is 7.88. The Labute approximate surface area is 164 Å². The molecule has 2 saturated heterocycles. The van der Waals surface area contributed by atoms with Crippen LogP contribution in [-0.4, -0.2) is 67.0 Å². The first-order valence-electron chi connectivity index (χ1n) is 10.1. The molecule has 0 aromatic heterocycles. The molecule has 0 aliphatic carbocycles. The lowest BCUT2D eigenvalue weighted by Crippen LogP contribution is -2.53. The molecule has 7 heteroatoms. The van der Waals surface area contributed by atoms with Crippen molar-refractivity contribution in [2.75, 3.05) is 39.3 Å². The topological polar surface area (TPSA) is 64.7 Å². The highest BCUT2D eigenvalue weighted by Crippen LogP contribution is 2.22. The highest BCUT2D eigenvalue weighted by molar-refractivity contribution is 5.85. The van der Waals surface area contributed by atoms with Crippen LogP contribution in [0.4, 0.5) is 4.79 Å². The molecule has 1 unspecified atom stereocenters. The summed E-state index contributed by atoms with van der Waals surface area (Å²) >= 11 is 0. The van der Waals surface area contributed by atoms with Crippen molar-refractivity contribution in [1.82, 2.24) is 20.4 Å². The molecule has 26 heavy (non-hydrogen) atoms. The molecule has 2 aliphatic rings. The molecule has 0 bridgehead atoms. The van der Waals surface area contributed by atoms with Gasteiger partial charge in [-0.15, -0.1) is 12.4 Å². The van der Waals surface area contributed by atoms with E-state index in [0.29, 0.717) is 25.0 Å². The van der Waals surface area contributed by atoms with Crippen LogP contribution in [0.25, 0.3) is 0 Å². The standard InChI is InChI=1S/C19H36N4O2.ClH/c1-4-11-23(17-7-9-20-10-8-17)18(24)16-6-5-12-22(14-16)19(25)21-13-15(2)3;/h15-17,20H,4-14H2,1-3H3,(H,21,25);1H. The molecule has 3 amide bonds. The number of carbonyl (C=O) groups excluding carboxylic acids is 2. The smallest absolute Gasteiger partial charge is 0.317 e. The van der Waals surface area contributed by atoms with Crippen LogP contribution in [0.15, 0.2) is 0 Å². The van der Waals surface area contributed by atoms with Crippen LogP contribution >= 0.6 is 12.4 Å². The van der Waals surface area contributed by atoms with Crippen molar-refractivity contribution in [3.63, 3.8) is 0 Å². The Morgan fingerprint density at radius 2 is 1.92 bits per heavy atom. The number of likely N-dealkylation sites (tertiary alicyclic amines) is 1. The highest BCUT2D eigenvalue weighted by Gasteiger charge is 2.34. The monoisotopic (exact) mass is 388 g/mol. The Hall–Kier alpha value is -1.01. The maximum absolute atomic E-state index is 13.2. The zero-order chi connectivity index (χ0) is 18.2. The number of urea groups is 1. The van der Waals surface area contributed by atoms with E-state index in [-0.39, 0.29) is 30.3 Å². The first kappa shape index (κ1) is 23.0. The number of nitrogens with one attached hydrogen (secondary N) is 2. The van der Waals surface area contributed by atoms with Crippen molar-refractivity contribution in [2.45, 2.75) is 58.9 Å². The first-order valence-corrected chi connectivity index (χ1v) is 10.1. The van der Waals surface area contributed by atoms with Gasteiger partial charge in [0, 0.05) is 32.2 Å². The molecule has 2 rings (SSSR count). The zero-order valence-electron chi connectivity index (χ0n) is 16.6. The molecule has 0 aromatic rings. The summed E-state index contributed by atoms with van der Waals surface area (Å²) in [7, 11) is 0. The van der Waals surface area contributed by atoms with Gasteiger partial charge in [-0.25, -0.2) is 4.79 Å². The molecular weight excluding hydrogens is 352 g/mol. The highest BCUT2D eigenvalue weighted by atomic mass is 35.5. The van der Waals surface area contributed by atoms with Crippen LogP contribution in [-0.2, 0) is 4.79 Å². The molecule has 2 N–H and O–H groups in total. The normalized spacial score (nSPS) is 21.2. The lowest BCUT2D eigenvalue weighted by Gasteiger charge is -2.39. The third-order valence-electron chi connectivity index (χ3n) is 5.22. The molecule has 2 aliphatic heterocycles. The molecule has 1 atom stereocenters. The summed E-state index contributed by atoms with van der Waals surface area (Å²) in [6.07, 6.45) is 4.88. The SMILES string of the molecule is CCCN(C(=O)C1CCCN(C(=O)NCC(C)C)C1)C1CCNCC1.Cl. The molecule has 0 spiro atoms. The lowest BCUT2D eigenvalue weighted by atomic mass is 9.94. The number of halogens is 1. The number of hydrogen-bond donors (Lipinski definition) is 2. The van der Waals surface area contributed by atoms with Gasteiger partial charge in [0.05, 0.1) is 5.92 Å². The minimum absolute atomic E-state index is 0. The fourth-order valence-electron chi connectivity index (χ4n) is 3.83. The van der Waals surface area contributed by atoms with Crippen LogP contribution in [0, 0.1) is 11.8 Å². The Morgan fingerprint density at radius 1 is 1.23 bits per heavy atom. The van der Waals surface area contributed by atoms with Crippen molar-refractivity contribution in [3.05, 3.63) is 0 Å². The average Bonchev–Trinajstić information content (AvgIpc) is 2.64. The van der Waals surface area contributed by atoms with E-state index in [4.69, 9.17) is 0 Å². The van der Waals surface area contributed by atoms with E-state index in [9.17, 15) is 9.59 Å². The number of amides is 3. The number of hydrogen-bond acceptors (Lipinski definition) is 3. The average molecular weight is 389 g/mol. The predicted octanol–water partition coefficient (Wildman–Crippen LogP) is 2.48. The van der Waals surface area contributed by atoms with E-state index < -0.39 is 0 Å². The number of nitrogens with zero attached hydrogens (tertiary/aromatic N) is 2. The minimum Gasteiger partial charge on any atom is -0.339 e. The van der Waals surface area contributed by atoms with Gasteiger partial charge in [0.15, 0.2) is 0 Å². The van der Waals surface area contributed by atoms with E-state index in [2.05, 4.69) is 36.3 Å². The van der Waals surface area contributed by atoms with Crippen molar-refractivity contribution >= 4 is 24.3 Å². The van der Waals surface area contributed by atoms with Crippen molar-refractivity contribution in [2.24, 2.45) is 11.8 Å². The van der Waals surface area contributed by atoms with Gasteiger partial charge in [-0.3, -0.25) is 4.79 Å². The molecule has 0 radical (unpaired) electrons. The fourth-order valence-corrected chi connectivity index (χ4v) is 3.83. The zero-order valence-corrected chi connectivity index (χ0v) is 17.4. The summed E-state index contributed by atoms with van der Waals surface area (Å²) in [4.78, 5) is 29.5. The third-order valence-corrected chi connectivity index (χ3v) is 5.22. The quantitative estimate of drug-likeness (QED) is 0.734. The van der Waals surface area contributed by atoms with Crippen LogP contribution in [0.5, 0.6) is 0 Å². The van der Waals surface area contributed by atoms with E-state index in [1.807, 2.05) is 4.90 Å². The second-order valence-electron chi connectivity index (χ2n) is 7.88. The molecule has 0 aromatic carbocycles. The number of carbonyl (C=O) groups is 2. The lowest BCUT2D eigenvalue weighted by molar-refractivity contribution is -0.140.